The average Bonchev–Trinajstić information content (AvgIpc) is 3.11. The van der Waals surface area contributed by atoms with E-state index in [4.69, 9.17) is 9.15 Å². The molecule has 1 saturated carbocycles. The summed E-state index contributed by atoms with van der Waals surface area (Å²) in [6.45, 7) is 5.94. The van der Waals surface area contributed by atoms with E-state index < -0.39 is 12.1 Å². The highest BCUT2D eigenvalue weighted by Crippen LogP contribution is 2.20. The van der Waals surface area contributed by atoms with Gasteiger partial charge in [0.25, 0.3) is 5.91 Å². The van der Waals surface area contributed by atoms with Crippen LogP contribution in [0.5, 0.6) is 0 Å². The minimum absolute atomic E-state index is 0.241. The Labute approximate surface area is 140 Å². The number of aromatic nitrogens is 1. The zero-order valence-corrected chi connectivity index (χ0v) is 14.2. The second kappa shape index (κ2) is 6.55. The topological polar surface area (TPSA) is 73.5 Å². The fourth-order valence-corrected chi connectivity index (χ4v) is 2.63. The Balaban J connectivity index is 1.69. The standard InChI is InChI=1S/C18H22N2O4/c1-11-9-16(12(2)20(11)10-15-5-4-8-23-15)18(22)24-13(3)17(21)19-14-6-7-14/h4-5,8-9,13-14H,6-7,10H2,1-3H3,(H,19,21)/t13-/m0/s1. The molecule has 1 amide bonds. The molecule has 24 heavy (non-hydrogen) atoms. The summed E-state index contributed by atoms with van der Waals surface area (Å²) in [4.78, 5) is 24.3. The van der Waals surface area contributed by atoms with Crippen LogP contribution in [0.25, 0.3) is 0 Å². The summed E-state index contributed by atoms with van der Waals surface area (Å²) >= 11 is 0. The van der Waals surface area contributed by atoms with E-state index in [0.717, 1.165) is 30.0 Å². The Kier molecular flexibility index (Phi) is 4.46. The van der Waals surface area contributed by atoms with Crippen molar-refractivity contribution in [1.82, 2.24) is 9.88 Å². The van der Waals surface area contributed by atoms with Gasteiger partial charge in [0.05, 0.1) is 18.4 Å². The van der Waals surface area contributed by atoms with E-state index in [0.29, 0.717) is 12.1 Å². The molecule has 2 aromatic heterocycles. The van der Waals surface area contributed by atoms with Gasteiger partial charge in [-0.05, 0) is 51.8 Å². The molecule has 1 aliphatic rings. The van der Waals surface area contributed by atoms with Crippen molar-refractivity contribution >= 4 is 11.9 Å². The van der Waals surface area contributed by atoms with Crippen LogP contribution in [0.1, 0.15) is 47.3 Å². The van der Waals surface area contributed by atoms with E-state index in [9.17, 15) is 9.59 Å². The summed E-state index contributed by atoms with van der Waals surface area (Å²) in [5.74, 6) is 0.0939. The van der Waals surface area contributed by atoms with E-state index >= 15 is 0 Å². The number of amides is 1. The molecule has 6 nitrogen and oxygen atoms in total. The molecular weight excluding hydrogens is 308 g/mol. The maximum absolute atomic E-state index is 12.4. The first-order valence-electron chi connectivity index (χ1n) is 8.16. The fraction of sp³-hybridized carbons (Fsp3) is 0.444. The molecule has 0 unspecified atom stereocenters. The third-order valence-corrected chi connectivity index (χ3v) is 4.26. The lowest BCUT2D eigenvalue weighted by Crippen LogP contribution is -2.37. The number of esters is 1. The number of furan rings is 1. The van der Waals surface area contributed by atoms with E-state index in [1.165, 1.54) is 0 Å². The van der Waals surface area contributed by atoms with Gasteiger partial charge in [-0.2, -0.15) is 0 Å². The number of nitrogens with one attached hydrogen (secondary N) is 1. The van der Waals surface area contributed by atoms with Crippen molar-refractivity contribution in [2.45, 2.75) is 52.3 Å². The van der Waals surface area contributed by atoms with Crippen molar-refractivity contribution < 1.29 is 18.7 Å². The number of carbonyl (C=O) groups excluding carboxylic acids is 2. The fourth-order valence-electron chi connectivity index (χ4n) is 2.63. The first-order valence-corrected chi connectivity index (χ1v) is 8.16. The van der Waals surface area contributed by atoms with Gasteiger partial charge < -0.3 is 19.0 Å². The second-order valence-electron chi connectivity index (χ2n) is 6.28. The summed E-state index contributed by atoms with van der Waals surface area (Å²) in [5.41, 5.74) is 2.21. The van der Waals surface area contributed by atoms with Gasteiger partial charge >= 0.3 is 5.97 Å². The first-order chi connectivity index (χ1) is 11.5. The van der Waals surface area contributed by atoms with Crippen LogP contribution < -0.4 is 5.32 Å². The molecule has 0 spiro atoms. The van der Waals surface area contributed by atoms with Crippen LogP contribution in [-0.2, 0) is 16.1 Å². The van der Waals surface area contributed by atoms with Crippen molar-refractivity contribution in [3.05, 3.63) is 47.2 Å². The Bertz CT molecular complexity index is 741. The Hall–Kier alpha value is -2.50. The van der Waals surface area contributed by atoms with Gasteiger partial charge in [0.1, 0.15) is 5.76 Å². The predicted octanol–water partition coefficient (Wildman–Crippen LogP) is 2.57. The molecule has 1 atom stereocenters. The monoisotopic (exact) mass is 330 g/mol. The van der Waals surface area contributed by atoms with E-state index in [-0.39, 0.29) is 11.9 Å². The Morgan fingerprint density at radius 1 is 1.42 bits per heavy atom. The highest BCUT2D eigenvalue weighted by atomic mass is 16.5. The van der Waals surface area contributed by atoms with Crippen molar-refractivity contribution in [2.75, 3.05) is 0 Å². The van der Waals surface area contributed by atoms with Crippen LogP contribution in [0.2, 0.25) is 0 Å². The van der Waals surface area contributed by atoms with Gasteiger partial charge in [0.15, 0.2) is 6.10 Å². The lowest BCUT2D eigenvalue weighted by Gasteiger charge is -2.13. The number of aryl methyl sites for hydroxylation is 1. The second-order valence-corrected chi connectivity index (χ2v) is 6.28. The van der Waals surface area contributed by atoms with Crippen molar-refractivity contribution in [3.63, 3.8) is 0 Å². The van der Waals surface area contributed by atoms with E-state index in [1.807, 2.05) is 30.5 Å². The van der Waals surface area contributed by atoms with Gasteiger partial charge in [-0.25, -0.2) is 4.79 Å². The molecule has 0 aromatic carbocycles. The highest BCUT2D eigenvalue weighted by Gasteiger charge is 2.28. The number of ether oxygens (including phenoxy) is 1. The zero-order valence-electron chi connectivity index (χ0n) is 14.2. The van der Waals surface area contributed by atoms with Crippen LogP contribution >= 0.6 is 0 Å². The van der Waals surface area contributed by atoms with Gasteiger partial charge in [-0.15, -0.1) is 0 Å². The molecular formula is C18H22N2O4. The molecule has 128 valence electrons. The Morgan fingerprint density at radius 3 is 2.79 bits per heavy atom. The molecule has 0 radical (unpaired) electrons. The third kappa shape index (κ3) is 3.53. The lowest BCUT2D eigenvalue weighted by molar-refractivity contribution is -0.129. The molecule has 2 heterocycles. The molecule has 3 rings (SSSR count). The number of hydrogen-bond donors (Lipinski definition) is 1. The quantitative estimate of drug-likeness (QED) is 0.826. The van der Waals surface area contributed by atoms with Crippen LogP contribution in [0.4, 0.5) is 0 Å². The normalized spacial score (nSPS) is 15.1. The maximum atomic E-state index is 12.4. The molecule has 0 saturated heterocycles. The average molecular weight is 330 g/mol. The van der Waals surface area contributed by atoms with Crippen LogP contribution in [0.15, 0.2) is 28.9 Å². The zero-order chi connectivity index (χ0) is 17.3. The third-order valence-electron chi connectivity index (χ3n) is 4.26. The number of nitrogens with zero attached hydrogens (tertiary/aromatic N) is 1. The molecule has 1 fully saturated rings. The number of carbonyl (C=O) groups is 2. The van der Waals surface area contributed by atoms with Gasteiger partial charge in [0, 0.05) is 17.4 Å². The smallest absolute Gasteiger partial charge is 0.340 e. The van der Waals surface area contributed by atoms with Gasteiger partial charge in [0.2, 0.25) is 0 Å². The summed E-state index contributed by atoms with van der Waals surface area (Å²) in [5, 5.41) is 2.84. The van der Waals surface area contributed by atoms with Gasteiger partial charge in [-0.3, -0.25) is 4.79 Å². The minimum atomic E-state index is -0.800. The summed E-state index contributed by atoms with van der Waals surface area (Å²) in [7, 11) is 0. The van der Waals surface area contributed by atoms with Crippen molar-refractivity contribution in [2.24, 2.45) is 0 Å². The minimum Gasteiger partial charge on any atom is -0.467 e. The van der Waals surface area contributed by atoms with Crippen molar-refractivity contribution in [3.8, 4) is 0 Å². The summed E-state index contributed by atoms with van der Waals surface area (Å²) in [6.07, 6.45) is 2.82. The van der Waals surface area contributed by atoms with Gasteiger partial charge in [-0.1, -0.05) is 0 Å². The van der Waals surface area contributed by atoms with Crippen LogP contribution in [0.3, 0.4) is 0 Å². The summed E-state index contributed by atoms with van der Waals surface area (Å²) < 4.78 is 12.7. The maximum Gasteiger partial charge on any atom is 0.340 e. The largest absolute Gasteiger partial charge is 0.467 e. The van der Waals surface area contributed by atoms with E-state index in [2.05, 4.69) is 5.32 Å². The molecule has 0 bridgehead atoms. The van der Waals surface area contributed by atoms with E-state index in [1.54, 1.807) is 19.3 Å². The van der Waals surface area contributed by atoms with Crippen LogP contribution in [0, 0.1) is 13.8 Å². The highest BCUT2D eigenvalue weighted by molar-refractivity contribution is 5.93. The Morgan fingerprint density at radius 2 is 2.17 bits per heavy atom. The number of hydrogen-bond acceptors (Lipinski definition) is 4. The molecule has 6 heteroatoms. The van der Waals surface area contributed by atoms with Crippen LogP contribution in [-0.4, -0.2) is 28.6 Å². The SMILES string of the molecule is Cc1cc(C(=O)O[C@@H](C)C(=O)NC2CC2)c(C)n1Cc1ccco1. The molecule has 1 aliphatic carbocycles. The lowest BCUT2D eigenvalue weighted by atomic mass is 10.2. The molecule has 1 N–H and O–H groups in total. The predicted molar refractivity (Wildman–Crippen MR) is 87.8 cm³/mol. The molecule has 2 aromatic rings. The first kappa shape index (κ1) is 16.4. The molecule has 0 aliphatic heterocycles. The summed E-state index contributed by atoms with van der Waals surface area (Å²) in [6, 6.07) is 5.75. The van der Waals surface area contributed by atoms with Crippen molar-refractivity contribution in [1.29, 1.82) is 0 Å². The number of rotatable bonds is 6.